The Balaban J connectivity index is 1.42. The number of ether oxygens (including phenoxy) is 2. The highest BCUT2D eigenvalue weighted by Crippen LogP contribution is 2.23. The highest BCUT2D eigenvalue weighted by Gasteiger charge is 2.43. The predicted octanol–water partition coefficient (Wildman–Crippen LogP) is -0.0594. The van der Waals surface area contributed by atoms with Gasteiger partial charge in [-0.1, -0.05) is 11.6 Å². The van der Waals surface area contributed by atoms with Gasteiger partial charge < -0.3 is 24.2 Å². The second-order valence-electron chi connectivity index (χ2n) is 8.92. The van der Waals surface area contributed by atoms with Crippen LogP contribution >= 0.6 is 22.9 Å². The van der Waals surface area contributed by atoms with Gasteiger partial charge in [0, 0.05) is 37.6 Å². The molecule has 3 aliphatic heterocycles. The van der Waals surface area contributed by atoms with Gasteiger partial charge in [-0.15, -0.1) is 11.3 Å². The van der Waals surface area contributed by atoms with Crippen molar-refractivity contribution in [2.24, 2.45) is 0 Å². The lowest BCUT2D eigenvalue weighted by atomic mass is 10.1. The van der Waals surface area contributed by atoms with E-state index in [1.54, 1.807) is 21.9 Å². The maximum atomic E-state index is 13.4. The lowest BCUT2D eigenvalue weighted by Gasteiger charge is -2.35. The molecule has 4 heterocycles. The first-order valence-electron chi connectivity index (χ1n) is 12.0. The van der Waals surface area contributed by atoms with Crippen LogP contribution in [0.1, 0.15) is 17.7 Å². The number of nitrogens with zero attached hydrogens (tertiary/aromatic N) is 3. The van der Waals surface area contributed by atoms with Crippen LogP contribution in [-0.2, 0) is 40.3 Å². The number of sulfonamides is 1. The molecule has 3 saturated heterocycles. The Hall–Kier alpha value is -1.77. The molecule has 3 fully saturated rings. The number of rotatable bonds is 9. The summed E-state index contributed by atoms with van der Waals surface area (Å²) in [6.07, 6.45) is 0.353. The van der Waals surface area contributed by atoms with Crippen LogP contribution in [0.15, 0.2) is 12.1 Å². The molecule has 2 atom stereocenters. The summed E-state index contributed by atoms with van der Waals surface area (Å²) in [5.74, 6) is -1.21. The van der Waals surface area contributed by atoms with Gasteiger partial charge in [-0.2, -0.15) is 0 Å². The Morgan fingerprint density at radius 1 is 1.06 bits per heavy atom. The topological polar surface area (TPSA) is 126 Å². The van der Waals surface area contributed by atoms with Crippen molar-refractivity contribution < 1.29 is 32.3 Å². The van der Waals surface area contributed by atoms with E-state index in [1.165, 1.54) is 16.2 Å². The molecular formula is C22H31ClN4O7S2. The molecule has 3 amide bonds. The molecular weight excluding hydrogens is 532 g/mol. The molecule has 3 aliphatic rings. The summed E-state index contributed by atoms with van der Waals surface area (Å²) in [4.78, 5) is 45.2. The molecule has 1 aromatic heterocycles. The summed E-state index contributed by atoms with van der Waals surface area (Å²) in [6, 6.07) is 1.52. The summed E-state index contributed by atoms with van der Waals surface area (Å²) < 4.78 is 39.1. The number of nitrogens with one attached hydrogen (secondary N) is 1. The molecule has 0 aliphatic carbocycles. The van der Waals surface area contributed by atoms with Crippen molar-refractivity contribution in [2.75, 3.05) is 64.9 Å². The molecule has 0 aromatic carbocycles. The third kappa shape index (κ3) is 6.95. The Labute approximate surface area is 219 Å². The van der Waals surface area contributed by atoms with E-state index in [1.807, 2.05) is 0 Å². The summed E-state index contributed by atoms with van der Waals surface area (Å²) in [5, 5.41) is 0. The van der Waals surface area contributed by atoms with Gasteiger partial charge in [-0.3, -0.25) is 14.4 Å². The van der Waals surface area contributed by atoms with Crippen LogP contribution in [0.5, 0.6) is 0 Å². The molecule has 36 heavy (non-hydrogen) atoms. The fourth-order valence-corrected chi connectivity index (χ4v) is 7.02. The van der Waals surface area contributed by atoms with Gasteiger partial charge in [0.1, 0.15) is 12.1 Å². The van der Waals surface area contributed by atoms with E-state index in [0.29, 0.717) is 56.9 Å². The van der Waals surface area contributed by atoms with Gasteiger partial charge in [-0.25, -0.2) is 13.1 Å². The van der Waals surface area contributed by atoms with Crippen molar-refractivity contribution in [3.63, 3.8) is 0 Å². The molecule has 0 saturated carbocycles. The maximum absolute atomic E-state index is 13.4. The van der Waals surface area contributed by atoms with Crippen LogP contribution in [-0.4, -0.2) is 118 Å². The number of aryl methyl sites for hydroxylation is 1. The second-order valence-corrected chi connectivity index (χ2v) is 12.6. The Morgan fingerprint density at radius 2 is 1.69 bits per heavy atom. The minimum absolute atomic E-state index is 0.152. The van der Waals surface area contributed by atoms with E-state index in [4.69, 9.17) is 21.1 Å². The number of likely N-dealkylation sites (tertiary alicyclic amines) is 1. The molecule has 11 nitrogen and oxygen atoms in total. The fraction of sp³-hybridized carbons (Fsp3) is 0.682. The minimum atomic E-state index is -3.75. The van der Waals surface area contributed by atoms with E-state index in [0.717, 1.165) is 4.88 Å². The number of hydrogen-bond acceptors (Lipinski definition) is 8. The normalized spacial score (nSPS) is 22.2. The summed E-state index contributed by atoms with van der Waals surface area (Å²) in [6.45, 7) is 3.45. The van der Waals surface area contributed by atoms with Crippen LogP contribution in [0.2, 0.25) is 4.34 Å². The minimum Gasteiger partial charge on any atom is -0.378 e. The summed E-state index contributed by atoms with van der Waals surface area (Å²) in [5.41, 5.74) is 0. The van der Waals surface area contributed by atoms with Crippen LogP contribution in [0.3, 0.4) is 0 Å². The quantitative estimate of drug-likeness (QED) is 0.447. The zero-order valence-corrected chi connectivity index (χ0v) is 22.3. The number of carbonyl (C=O) groups excluding carboxylic acids is 3. The van der Waals surface area contributed by atoms with Crippen LogP contribution in [0.4, 0.5) is 0 Å². The SMILES string of the molecule is O=C(C[C@@H](C(=O)N1CCOCC1)N1CC[C@H](NS(=O)(=O)CCc2ccc(Cl)s2)C1=O)N1CCOCC1. The monoisotopic (exact) mass is 562 g/mol. The number of halogens is 1. The molecule has 0 bridgehead atoms. The van der Waals surface area contributed by atoms with E-state index in [-0.39, 0.29) is 43.4 Å². The Bertz CT molecular complexity index is 1050. The van der Waals surface area contributed by atoms with Crippen LogP contribution in [0.25, 0.3) is 0 Å². The first-order chi connectivity index (χ1) is 17.2. The van der Waals surface area contributed by atoms with Crippen molar-refractivity contribution in [1.82, 2.24) is 19.4 Å². The van der Waals surface area contributed by atoms with E-state index >= 15 is 0 Å². The van der Waals surface area contributed by atoms with Crippen LogP contribution in [0, 0.1) is 0 Å². The smallest absolute Gasteiger partial charge is 0.246 e. The predicted molar refractivity (Wildman–Crippen MR) is 133 cm³/mol. The summed E-state index contributed by atoms with van der Waals surface area (Å²) >= 11 is 7.23. The van der Waals surface area contributed by atoms with E-state index in [2.05, 4.69) is 4.72 Å². The van der Waals surface area contributed by atoms with E-state index < -0.39 is 28.0 Å². The van der Waals surface area contributed by atoms with Gasteiger partial charge in [0.05, 0.1) is 42.9 Å². The molecule has 1 aromatic rings. The van der Waals surface area contributed by atoms with Gasteiger partial charge in [0.25, 0.3) is 0 Å². The van der Waals surface area contributed by atoms with Gasteiger partial charge in [0.2, 0.25) is 27.7 Å². The van der Waals surface area contributed by atoms with Crippen molar-refractivity contribution >= 4 is 50.7 Å². The third-order valence-electron chi connectivity index (χ3n) is 6.52. The second kappa shape index (κ2) is 12.2. The number of morpholine rings is 2. The zero-order chi connectivity index (χ0) is 25.7. The average Bonchev–Trinajstić information content (AvgIpc) is 3.46. The van der Waals surface area contributed by atoms with Gasteiger partial charge >= 0.3 is 0 Å². The van der Waals surface area contributed by atoms with Crippen molar-refractivity contribution in [1.29, 1.82) is 0 Å². The number of thiophene rings is 1. The number of hydrogen-bond donors (Lipinski definition) is 1. The molecule has 1 N–H and O–H groups in total. The third-order valence-corrected chi connectivity index (χ3v) is 9.20. The zero-order valence-electron chi connectivity index (χ0n) is 19.9. The first-order valence-corrected chi connectivity index (χ1v) is 14.8. The van der Waals surface area contributed by atoms with Gasteiger partial charge in [-0.05, 0) is 25.0 Å². The lowest BCUT2D eigenvalue weighted by molar-refractivity contribution is -0.150. The molecule has 200 valence electrons. The lowest BCUT2D eigenvalue weighted by Crippen LogP contribution is -2.55. The fourth-order valence-electron chi connectivity index (χ4n) is 4.55. The maximum Gasteiger partial charge on any atom is 0.246 e. The highest BCUT2D eigenvalue weighted by molar-refractivity contribution is 7.89. The van der Waals surface area contributed by atoms with E-state index in [9.17, 15) is 22.8 Å². The van der Waals surface area contributed by atoms with Crippen molar-refractivity contribution in [3.05, 3.63) is 21.3 Å². The molecule has 4 rings (SSSR count). The average molecular weight is 563 g/mol. The van der Waals surface area contributed by atoms with Gasteiger partial charge in [0.15, 0.2) is 0 Å². The largest absolute Gasteiger partial charge is 0.378 e. The molecule has 0 spiro atoms. The first kappa shape index (κ1) is 27.3. The molecule has 0 unspecified atom stereocenters. The molecule has 0 radical (unpaired) electrons. The number of carbonyl (C=O) groups is 3. The Morgan fingerprint density at radius 3 is 2.31 bits per heavy atom. The van der Waals surface area contributed by atoms with Crippen molar-refractivity contribution in [2.45, 2.75) is 31.3 Å². The van der Waals surface area contributed by atoms with Crippen LogP contribution < -0.4 is 4.72 Å². The highest BCUT2D eigenvalue weighted by atomic mass is 35.5. The standard InChI is InChI=1S/C22H31ClN4O7S2/c23-19-2-1-16(35-19)4-14-36(31,32)24-17-3-5-27(21(17)29)18(22(30)26-8-12-34-13-9-26)15-20(28)25-6-10-33-11-7-25/h1-2,17-18,24H,3-15H2/t17-,18-/m0/s1. The molecule has 14 heteroatoms. The Kier molecular flexibility index (Phi) is 9.23. The van der Waals surface area contributed by atoms with Crippen molar-refractivity contribution in [3.8, 4) is 0 Å². The summed E-state index contributed by atoms with van der Waals surface area (Å²) in [7, 11) is -3.75. The number of amides is 3.